The number of nitrogens with one attached hydrogen (secondary N) is 1. The van der Waals surface area contributed by atoms with Gasteiger partial charge in [0.15, 0.2) is 6.10 Å². The summed E-state index contributed by atoms with van der Waals surface area (Å²) in [6.45, 7) is -3.64. The first-order valence-electron chi connectivity index (χ1n) is 9.52. The zero-order valence-electron chi connectivity index (χ0n) is 16.8. The maximum Gasteiger partial charge on any atom is 0.414 e. The predicted molar refractivity (Wildman–Crippen MR) is 116 cm³/mol. The van der Waals surface area contributed by atoms with E-state index >= 15 is 0 Å². The lowest BCUT2D eigenvalue weighted by atomic mass is 9.79. The number of aliphatic imine (C=N–C) groups is 1. The molecule has 0 unspecified atom stereocenters. The molecule has 0 aliphatic carbocycles. The number of rotatable bonds is 5. The number of hydrogen-bond acceptors (Lipinski definition) is 9. The number of nitrogens with zero attached hydrogens (tertiary/aromatic N) is 3. The fourth-order valence-corrected chi connectivity index (χ4v) is 4.79. The molecule has 1 amide bonds. The Morgan fingerprint density at radius 3 is 2.80 bits per heavy atom. The lowest BCUT2D eigenvalue weighted by Gasteiger charge is -2.44. The Morgan fingerprint density at radius 2 is 2.14 bits per heavy atom. The van der Waals surface area contributed by atoms with Gasteiger partial charge in [-0.2, -0.15) is 22.0 Å². The van der Waals surface area contributed by atoms with Crippen LogP contribution < -0.4 is 15.8 Å². The van der Waals surface area contributed by atoms with E-state index in [4.69, 9.17) is 26.8 Å². The summed E-state index contributed by atoms with van der Waals surface area (Å²) in [5.41, 5.74) is 4.09. The van der Waals surface area contributed by atoms with E-state index < -0.39 is 49.3 Å². The van der Waals surface area contributed by atoms with Gasteiger partial charge in [0.25, 0.3) is 11.9 Å². The van der Waals surface area contributed by atoms with Crippen LogP contribution in [0.2, 0.25) is 5.02 Å². The van der Waals surface area contributed by atoms with Gasteiger partial charge in [-0.25, -0.2) is 15.0 Å². The van der Waals surface area contributed by atoms with E-state index in [1.807, 2.05) is 0 Å². The Hall–Kier alpha value is -2.78. The van der Waals surface area contributed by atoms with E-state index in [2.05, 4.69) is 25.0 Å². The molecule has 9 nitrogen and oxygen atoms in total. The number of carbonyl (C=O) groups excluding carboxylic acids is 1. The molecule has 0 bridgehead atoms. The van der Waals surface area contributed by atoms with E-state index in [1.165, 1.54) is 5.38 Å². The minimum Gasteiger partial charge on any atom is -0.465 e. The Bertz CT molecular complexity index is 1120. The Labute approximate surface area is 204 Å². The number of ether oxygens (including phenoxy) is 3. The molecule has 3 N–H and O–H groups in total. The van der Waals surface area contributed by atoms with Gasteiger partial charge in [0.05, 0.1) is 24.4 Å². The molecule has 0 radical (unpaired) electrons. The topological polar surface area (TPSA) is 121 Å². The van der Waals surface area contributed by atoms with Crippen molar-refractivity contribution >= 4 is 40.7 Å². The van der Waals surface area contributed by atoms with Crippen LogP contribution in [0.4, 0.5) is 27.8 Å². The Morgan fingerprint density at radius 1 is 1.40 bits per heavy atom. The molecule has 2 aromatic rings. The first-order chi connectivity index (χ1) is 16.0. The molecule has 0 saturated carbocycles. The van der Waals surface area contributed by atoms with Gasteiger partial charge in [-0.1, -0.05) is 19.0 Å². The van der Waals surface area contributed by atoms with E-state index in [9.17, 15) is 26.7 Å². The second-order valence-corrected chi connectivity index (χ2v) is 8.60. The summed E-state index contributed by atoms with van der Waals surface area (Å²) in [7, 11) is 0. The van der Waals surface area contributed by atoms with Gasteiger partial charge in [0.2, 0.25) is 0 Å². The van der Waals surface area contributed by atoms with Crippen LogP contribution in [0.25, 0.3) is 0 Å². The van der Waals surface area contributed by atoms with Gasteiger partial charge < -0.3 is 25.3 Å². The molecule has 3 atom stereocenters. The monoisotopic (exact) mass is 543 g/mol. The molecule has 16 heteroatoms. The predicted octanol–water partition coefficient (Wildman–Crippen LogP) is 4.19. The van der Waals surface area contributed by atoms with Gasteiger partial charge in [0.1, 0.15) is 27.8 Å². The molecule has 1 fully saturated rings. The largest absolute Gasteiger partial charge is 0.465 e. The summed E-state index contributed by atoms with van der Waals surface area (Å²) in [6, 6.07) is 0.787. The van der Waals surface area contributed by atoms with Crippen LogP contribution in [0.1, 0.15) is 29.3 Å². The normalized spacial score (nSPS) is 24.0. The SMILES string of the molecule is C.NC1=N[C@@]2(c3nc(NC(=O)c4ncc(OC(F)F)cc4Cl)cs3)CO[C@@H](C(F)(F)F)C[C@H]2CO1. The van der Waals surface area contributed by atoms with E-state index in [1.54, 1.807) is 0 Å². The first-order valence-corrected chi connectivity index (χ1v) is 10.8. The average molecular weight is 544 g/mol. The molecule has 2 aromatic heterocycles. The number of hydrogen-bond donors (Lipinski definition) is 2. The van der Waals surface area contributed by atoms with Crippen molar-refractivity contribution in [1.29, 1.82) is 0 Å². The minimum absolute atomic E-state index is 0. The Balaban J connectivity index is 0.00000342. The molecular formula is C19H19ClF5N5O4S. The summed E-state index contributed by atoms with van der Waals surface area (Å²) in [5.74, 6) is -1.82. The number of aromatic nitrogens is 2. The van der Waals surface area contributed by atoms with Gasteiger partial charge in [-0.3, -0.25) is 4.79 Å². The number of thiazole rings is 1. The lowest BCUT2D eigenvalue weighted by Crippen LogP contribution is -2.54. The lowest BCUT2D eigenvalue weighted by molar-refractivity contribution is -0.249. The third-order valence-electron chi connectivity index (χ3n) is 5.16. The van der Waals surface area contributed by atoms with E-state index in [0.29, 0.717) is 0 Å². The van der Waals surface area contributed by atoms with Crippen LogP contribution in [0.5, 0.6) is 5.75 Å². The number of amides is 1. The van der Waals surface area contributed by atoms with Crippen LogP contribution in [0, 0.1) is 5.92 Å². The molecule has 35 heavy (non-hydrogen) atoms. The van der Waals surface area contributed by atoms with Crippen molar-refractivity contribution in [2.45, 2.75) is 38.3 Å². The first kappa shape index (κ1) is 26.8. The average Bonchev–Trinajstić information content (AvgIpc) is 3.21. The van der Waals surface area contributed by atoms with Gasteiger partial charge in [0, 0.05) is 17.4 Å². The van der Waals surface area contributed by atoms with E-state index in [-0.39, 0.29) is 47.3 Å². The molecule has 2 aliphatic rings. The fourth-order valence-electron chi connectivity index (χ4n) is 3.58. The number of halogens is 6. The van der Waals surface area contributed by atoms with Crippen molar-refractivity contribution in [3.05, 3.63) is 33.4 Å². The van der Waals surface area contributed by atoms with Crippen molar-refractivity contribution in [2.24, 2.45) is 16.6 Å². The van der Waals surface area contributed by atoms with Crippen LogP contribution in [-0.2, 0) is 15.0 Å². The minimum atomic E-state index is -4.55. The third-order valence-corrected chi connectivity index (χ3v) is 6.46. The van der Waals surface area contributed by atoms with Gasteiger partial charge in [-0.05, 0) is 6.42 Å². The molecular weight excluding hydrogens is 525 g/mol. The maximum absolute atomic E-state index is 13.2. The van der Waals surface area contributed by atoms with Crippen LogP contribution in [0.3, 0.4) is 0 Å². The van der Waals surface area contributed by atoms with Gasteiger partial charge >= 0.3 is 12.8 Å². The highest BCUT2D eigenvalue weighted by atomic mass is 35.5. The highest BCUT2D eigenvalue weighted by Crippen LogP contribution is 2.47. The summed E-state index contributed by atoms with van der Waals surface area (Å²) in [6.07, 6.45) is -6.04. The molecule has 1 saturated heterocycles. The van der Waals surface area contributed by atoms with Crippen LogP contribution in [0.15, 0.2) is 22.6 Å². The molecule has 2 aliphatic heterocycles. The van der Waals surface area contributed by atoms with Crippen molar-refractivity contribution < 1.29 is 41.0 Å². The number of alkyl halides is 5. The zero-order valence-corrected chi connectivity index (χ0v) is 18.4. The molecule has 0 aromatic carbocycles. The second-order valence-electron chi connectivity index (χ2n) is 7.33. The smallest absolute Gasteiger partial charge is 0.414 e. The molecule has 4 rings (SSSR count). The summed E-state index contributed by atoms with van der Waals surface area (Å²) < 4.78 is 78.6. The molecule has 192 valence electrons. The molecule has 0 spiro atoms. The van der Waals surface area contributed by atoms with Crippen molar-refractivity contribution in [3.63, 3.8) is 0 Å². The number of fused-ring (bicyclic) bond motifs is 1. The van der Waals surface area contributed by atoms with Crippen LogP contribution >= 0.6 is 22.9 Å². The van der Waals surface area contributed by atoms with Gasteiger partial charge in [-0.15, -0.1) is 11.3 Å². The van der Waals surface area contributed by atoms with Crippen molar-refractivity contribution in [2.75, 3.05) is 18.5 Å². The number of amidine groups is 1. The second kappa shape index (κ2) is 10.1. The summed E-state index contributed by atoms with van der Waals surface area (Å²) >= 11 is 6.97. The van der Waals surface area contributed by atoms with Crippen molar-refractivity contribution in [1.82, 2.24) is 9.97 Å². The Kier molecular flexibility index (Phi) is 7.71. The summed E-state index contributed by atoms with van der Waals surface area (Å²) in [5, 5.41) is 3.91. The highest BCUT2D eigenvalue weighted by Gasteiger charge is 2.56. The van der Waals surface area contributed by atoms with Crippen molar-refractivity contribution in [3.8, 4) is 5.75 Å². The zero-order chi connectivity index (χ0) is 24.7. The quantitative estimate of drug-likeness (QED) is 0.542. The molecule has 4 heterocycles. The van der Waals surface area contributed by atoms with Crippen LogP contribution in [-0.4, -0.2) is 54.0 Å². The number of carbonyl (C=O) groups is 1. The highest BCUT2D eigenvalue weighted by molar-refractivity contribution is 7.10. The standard InChI is InChI=1S/C18H15ClF5N5O4S.CH4/c19-9-2-8(33-15(20)21)3-26-12(9)13(30)27-11-5-34-14(28-11)17-6-32-10(18(22,23)24)1-7(17)4-31-16(25)29-17;/h2-3,5,7,10,15H,1,4,6H2,(H2,25,29)(H,27,30);1H4/t7-,10+,17-;/m0./s1. The maximum atomic E-state index is 13.2. The summed E-state index contributed by atoms with van der Waals surface area (Å²) in [4.78, 5) is 24.8. The number of pyridine rings is 1. The number of nitrogens with two attached hydrogens (primary N) is 1. The fraction of sp³-hybridized carbons (Fsp3) is 0.474. The number of anilines is 1. The third kappa shape index (κ3) is 5.56. The van der Waals surface area contributed by atoms with E-state index in [0.717, 1.165) is 23.6 Å².